The Morgan fingerprint density at radius 3 is 2.11 bits per heavy atom. The van der Waals surface area contributed by atoms with Gasteiger partial charge in [-0.05, 0) is 79.6 Å². The molecule has 0 fully saturated rings. The summed E-state index contributed by atoms with van der Waals surface area (Å²) < 4.78 is 48.1. The molecular formula is C34H35ClFN3O5S. The Bertz CT molecular complexity index is 1700. The summed E-state index contributed by atoms with van der Waals surface area (Å²) in [5, 5.41) is 3.29. The summed E-state index contributed by atoms with van der Waals surface area (Å²) in [7, 11) is -2.88. The molecule has 1 atom stereocenters. The highest BCUT2D eigenvalue weighted by Crippen LogP contribution is 2.27. The van der Waals surface area contributed by atoms with Crippen LogP contribution in [0.4, 0.5) is 10.1 Å². The van der Waals surface area contributed by atoms with Crippen molar-refractivity contribution >= 4 is 39.1 Å². The molecule has 0 radical (unpaired) electrons. The van der Waals surface area contributed by atoms with Gasteiger partial charge in [-0.1, -0.05) is 60.1 Å². The molecule has 0 bridgehead atoms. The van der Waals surface area contributed by atoms with Crippen molar-refractivity contribution in [1.82, 2.24) is 10.2 Å². The highest BCUT2D eigenvalue weighted by Gasteiger charge is 2.35. The van der Waals surface area contributed by atoms with Crippen LogP contribution in [0.1, 0.15) is 25.0 Å². The first-order valence-electron chi connectivity index (χ1n) is 14.3. The van der Waals surface area contributed by atoms with Gasteiger partial charge in [-0.2, -0.15) is 0 Å². The molecule has 0 unspecified atom stereocenters. The quantitative estimate of drug-likeness (QED) is 0.196. The maximum atomic E-state index is 14.4. The third-order valence-electron chi connectivity index (χ3n) is 7.04. The van der Waals surface area contributed by atoms with Gasteiger partial charge in [0.15, 0.2) is 0 Å². The molecule has 4 rings (SSSR count). The Morgan fingerprint density at radius 2 is 1.51 bits per heavy atom. The second kappa shape index (κ2) is 15.0. The second-order valence-electron chi connectivity index (χ2n) is 10.6. The lowest BCUT2D eigenvalue weighted by Gasteiger charge is -2.34. The van der Waals surface area contributed by atoms with Gasteiger partial charge in [0.1, 0.15) is 24.2 Å². The van der Waals surface area contributed by atoms with E-state index in [2.05, 4.69) is 5.32 Å². The van der Waals surface area contributed by atoms with E-state index in [9.17, 15) is 22.4 Å². The molecule has 0 spiro atoms. The van der Waals surface area contributed by atoms with E-state index in [1.807, 2.05) is 44.2 Å². The first kappa shape index (κ1) is 33.5. The smallest absolute Gasteiger partial charge is 0.264 e. The van der Waals surface area contributed by atoms with Crippen LogP contribution in [0, 0.1) is 5.82 Å². The summed E-state index contributed by atoms with van der Waals surface area (Å²) in [4.78, 5) is 29.4. The van der Waals surface area contributed by atoms with Crippen molar-refractivity contribution in [3.63, 3.8) is 0 Å². The molecule has 0 aromatic heterocycles. The molecule has 236 valence electrons. The van der Waals surface area contributed by atoms with Crippen molar-refractivity contribution in [2.24, 2.45) is 0 Å². The number of carbonyl (C=O) groups is 2. The standard InChI is InChI=1S/C34H35ClFN3O5S/c1-24(2)37-34(41)32(21-25-9-5-4-6-10-25)38(22-26-11-7-8-12-31(26)35)33(40)23-39(28-15-13-27(36)14-16-28)45(42,43)30-19-17-29(44-3)18-20-30/h4-20,24,32H,21-23H2,1-3H3,(H,37,41)/t32-/m1/s1. The summed E-state index contributed by atoms with van der Waals surface area (Å²) in [6.07, 6.45) is 0.164. The highest BCUT2D eigenvalue weighted by atomic mass is 35.5. The zero-order valence-corrected chi connectivity index (χ0v) is 26.8. The number of nitrogens with one attached hydrogen (secondary N) is 1. The minimum Gasteiger partial charge on any atom is -0.497 e. The molecule has 0 heterocycles. The van der Waals surface area contributed by atoms with Gasteiger partial charge in [0, 0.05) is 24.0 Å². The van der Waals surface area contributed by atoms with Gasteiger partial charge in [-0.3, -0.25) is 13.9 Å². The lowest BCUT2D eigenvalue weighted by Crippen LogP contribution is -2.54. The number of carbonyl (C=O) groups excluding carboxylic acids is 2. The van der Waals surface area contributed by atoms with E-state index in [-0.39, 0.29) is 29.6 Å². The Morgan fingerprint density at radius 1 is 0.889 bits per heavy atom. The van der Waals surface area contributed by atoms with E-state index < -0.39 is 40.2 Å². The van der Waals surface area contributed by atoms with Gasteiger partial charge in [0.05, 0.1) is 17.7 Å². The summed E-state index contributed by atoms with van der Waals surface area (Å²) in [5.41, 5.74) is 1.46. The van der Waals surface area contributed by atoms with Crippen LogP contribution in [0.2, 0.25) is 5.02 Å². The number of hydrogen-bond acceptors (Lipinski definition) is 5. The molecule has 0 aliphatic heterocycles. The number of nitrogens with zero attached hydrogens (tertiary/aromatic N) is 2. The number of anilines is 1. The molecule has 11 heteroatoms. The van der Waals surface area contributed by atoms with Crippen LogP contribution in [-0.4, -0.2) is 50.9 Å². The monoisotopic (exact) mass is 651 g/mol. The van der Waals surface area contributed by atoms with Crippen LogP contribution in [0.5, 0.6) is 5.75 Å². The summed E-state index contributed by atoms with van der Waals surface area (Å²) in [5.74, 6) is -1.18. The number of amides is 2. The fourth-order valence-corrected chi connectivity index (χ4v) is 6.37. The Kier molecular flexibility index (Phi) is 11.2. The molecule has 0 saturated carbocycles. The first-order valence-corrected chi connectivity index (χ1v) is 16.1. The second-order valence-corrected chi connectivity index (χ2v) is 12.9. The average Bonchev–Trinajstić information content (AvgIpc) is 3.03. The van der Waals surface area contributed by atoms with E-state index in [4.69, 9.17) is 16.3 Å². The fourth-order valence-electron chi connectivity index (χ4n) is 4.76. The molecule has 0 saturated heterocycles. The van der Waals surface area contributed by atoms with E-state index in [1.165, 1.54) is 48.4 Å². The third kappa shape index (κ3) is 8.61. The van der Waals surface area contributed by atoms with E-state index in [1.54, 1.807) is 24.3 Å². The Hall–Kier alpha value is -4.41. The van der Waals surface area contributed by atoms with E-state index in [0.29, 0.717) is 16.3 Å². The van der Waals surface area contributed by atoms with Crippen LogP contribution >= 0.6 is 11.6 Å². The maximum Gasteiger partial charge on any atom is 0.264 e. The molecule has 8 nitrogen and oxygen atoms in total. The van der Waals surface area contributed by atoms with Gasteiger partial charge in [0.2, 0.25) is 11.8 Å². The lowest BCUT2D eigenvalue weighted by molar-refractivity contribution is -0.140. The zero-order chi connectivity index (χ0) is 32.6. The van der Waals surface area contributed by atoms with Gasteiger partial charge >= 0.3 is 0 Å². The number of hydrogen-bond donors (Lipinski definition) is 1. The largest absolute Gasteiger partial charge is 0.497 e. The number of methoxy groups -OCH3 is 1. The normalized spacial score (nSPS) is 12.0. The minimum absolute atomic E-state index is 0.0681. The molecule has 4 aromatic carbocycles. The number of ether oxygens (including phenoxy) is 1. The summed E-state index contributed by atoms with van der Waals surface area (Å²) in [6.45, 7) is 2.89. The fraction of sp³-hybridized carbons (Fsp3) is 0.235. The van der Waals surface area contributed by atoms with Crippen molar-refractivity contribution in [3.8, 4) is 5.75 Å². The Balaban J connectivity index is 1.81. The van der Waals surface area contributed by atoms with Crippen LogP contribution < -0.4 is 14.4 Å². The average molecular weight is 652 g/mol. The van der Waals surface area contributed by atoms with Gasteiger partial charge in [-0.25, -0.2) is 12.8 Å². The number of benzene rings is 4. The Labute approximate surface area is 268 Å². The van der Waals surface area contributed by atoms with Crippen molar-refractivity contribution in [1.29, 1.82) is 0 Å². The predicted octanol–water partition coefficient (Wildman–Crippen LogP) is 5.85. The van der Waals surface area contributed by atoms with Crippen molar-refractivity contribution < 1.29 is 27.1 Å². The van der Waals surface area contributed by atoms with Gasteiger partial charge in [-0.15, -0.1) is 0 Å². The van der Waals surface area contributed by atoms with E-state index in [0.717, 1.165) is 22.0 Å². The van der Waals surface area contributed by atoms with Crippen LogP contribution in [0.15, 0.2) is 108 Å². The van der Waals surface area contributed by atoms with Gasteiger partial charge < -0.3 is 15.0 Å². The lowest BCUT2D eigenvalue weighted by atomic mass is 10.0. The predicted molar refractivity (Wildman–Crippen MR) is 173 cm³/mol. The molecule has 1 N–H and O–H groups in total. The topological polar surface area (TPSA) is 96.0 Å². The molecule has 0 aliphatic carbocycles. The molecule has 2 amide bonds. The zero-order valence-electron chi connectivity index (χ0n) is 25.2. The maximum absolute atomic E-state index is 14.4. The third-order valence-corrected chi connectivity index (χ3v) is 9.20. The number of rotatable bonds is 13. The molecule has 4 aromatic rings. The van der Waals surface area contributed by atoms with Crippen molar-refractivity contribution in [2.75, 3.05) is 18.0 Å². The van der Waals surface area contributed by atoms with Crippen molar-refractivity contribution in [3.05, 3.63) is 125 Å². The molecule has 45 heavy (non-hydrogen) atoms. The SMILES string of the molecule is COc1ccc(S(=O)(=O)N(CC(=O)N(Cc2ccccc2Cl)[C@H](Cc2ccccc2)C(=O)NC(C)C)c2ccc(F)cc2)cc1. The summed E-state index contributed by atoms with van der Waals surface area (Å²) in [6, 6.07) is 25.5. The first-order chi connectivity index (χ1) is 21.5. The minimum atomic E-state index is -4.34. The van der Waals surface area contributed by atoms with Crippen LogP contribution in [0.3, 0.4) is 0 Å². The molecular weight excluding hydrogens is 617 g/mol. The number of sulfonamides is 1. The van der Waals surface area contributed by atoms with Gasteiger partial charge in [0.25, 0.3) is 10.0 Å². The highest BCUT2D eigenvalue weighted by molar-refractivity contribution is 7.92. The van der Waals surface area contributed by atoms with Crippen LogP contribution in [0.25, 0.3) is 0 Å². The van der Waals surface area contributed by atoms with E-state index >= 15 is 0 Å². The number of halogens is 2. The molecule has 0 aliphatic rings. The van der Waals surface area contributed by atoms with Crippen LogP contribution in [-0.2, 0) is 32.6 Å². The summed E-state index contributed by atoms with van der Waals surface area (Å²) >= 11 is 6.51. The van der Waals surface area contributed by atoms with Crippen molar-refractivity contribution in [2.45, 2.75) is 43.8 Å².